The number of halogens is 1. The highest BCUT2D eigenvalue weighted by atomic mass is 19.1. The van der Waals surface area contributed by atoms with E-state index < -0.39 is 11.7 Å². The molecule has 122 valence electrons. The summed E-state index contributed by atoms with van der Waals surface area (Å²) in [4.78, 5) is 16.5. The van der Waals surface area contributed by atoms with Gasteiger partial charge in [0.15, 0.2) is 0 Å². The van der Waals surface area contributed by atoms with E-state index in [9.17, 15) is 9.18 Å². The van der Waals surface area contributed by atoms with Crippen molar-refractivity contribution in [3.05, 3.63) is 78.5 Å². The zero-order valence-corrected chi connectivity index (χ0v) is 12.9. The first-order valence-electron chi connectivity index (χ1n) is 7.53. The average molecular weight is 333 g/mol. The van der Waals surface area contributed by atoms with Gasteiger partial charge in [0.05, 0.1) is 17.5 Å². The van der Waals surface area contributed by atoms with Crippen LogP contribution >= 0.6 is 0 Å². The largest absolute Gasteiger partial charge is 0.322 e. The predicted octanol–water partition coefficient (Wildman–Crippen LogP) is 3.18. The van der Waals surface area contributed by atoms with E-state index in [1.165, 1.54) is 12.1 Å². The van der Waals surface area contributed by atoms with Crippen LogP contribution in [0.15, 0.2) is 67.1 Å². The van der Waals surface area contributed by atoms with Crippen LogP contribution in [0.25, 0.3) is 17.0 Å². The summed E-state index contributed by atoms with van der Waals surface area (Å²) >= 11 is 0. The molecule has 7 heteroatoms. The van der Waals surface area contributed by atoms with E-state index in [0.29, 0.717) is 11.5 Å². The van der Waals surface area contributed by atoms with Crippen molar-refractivity contribution in [1.29, 1.82) is 0 Å². The number of fused-ring (bicyclic) bond motifs is 1. The molecule has 0 aliphatic heterocycles. The second-order valence-electron chi connectivity index (χ2n) is 5.36. The minimum absolute atomic E-state index is 0.00509. The first-order chi connectivity index (χ1) is 12.2. The van der Waals surface area contributed by atoms with Crippen molar-refractivity contribution in [1.82, 2.24) is 19.6 Å². The third-order valence-electron chi connectivity index (χ3n) is 3.71. The molecule has 25 heavy (non-hydrogen) atoms. The number of nitrogens with one attached hydrogen (secondary N) is 1. The Labute approximate surface area is 142 Å². The lowest BCUT2D eigenvalue weighted by atomic mass is 10.1. The molecule has 0 fully saturated rings. The van der Waals surface area contributed by atoms with Gasteiger partial charge in [-0.1, -0.05) is 24.3 Å². The zero-order valence-electron chi connectivity index (χ0n) is 12.9. The van der Waals surface area contributed by atoms with Crippen molar-refractivity contribution in [3.8, 4) is 11.3 Å². The van der Waals surface area contributed by atoms with E-state index in [0.717, 1.165) is 11.3 Å². The molecule has 0 atom stereocenters. The van der Waals surface area contributed by atoms with Gasteiger partial charge in [0, 0.05) is 23.6 Å². The summed E-state index contributed by atoms with van der Waals surface area (Å²) in [5.41, 5.74) is 2.19. The summed E-state index contributed by atoms with van der Waals surface area (Å²) in [6.45, 7) is 0. The Kier molecular flexibility index (Phi) is 3.66. The van der Waals surface area contributed by atoms with Crippen LogP contribution < -0.4 is 5.32 Å². The molecule has 0 bridgehead atoms. The number of benzene rings is 2. The van der Waals surface area contributed by atoms with Crippen molar-refractivity contribution in [2.45, 2.75) is 0 Å². The molecule has 0 aliphatic rings. The van der Waals surface area contributed by atoms with Crippen LogP contribution in [-0.2, 0) is 0 Å². The lowest BCUT2D eigenvalue weighted by Crippen LogP contribution is -2.13. The third-order valence-corrected chi connectivity index (χ3v) is 3.71. The highest BCUT2D eigenvalue weighted by molar-refractivity contribution is 6.04. The molecule has 0 saturated carbocycles. The second-order valence-corrected chi connectivity index (χ2v) is 5.36. The topological polar surface area (TPSA) is 72.2 Å². The van der Waals surface area contributed by atoms with Crippen LogP contribution in [0.2, 0.25) is 0 Å². The first kappa shape index (κ1) is 14.9. The summed E-state index contributed by atoms with van der Waals surface area (Å²) in [6.07, 6.45) is 5.19. The molecular weight excluding hydrogens is 321 g/mol. The Bertz CT molecular complexity index is 1030. The first-order valence-corrected chi connectivity index (χ1v) is 7.53. The molecular formula is C18H12FN5O. The number of hydrogen-bond acceptors (Lipinski definition) is 4. The molecule has 4 rings (SSSR count). The van der Waals surface area contributed by atoms with Crippen molar-refractivity contribution in [2.75, 3.05) is 5.32 Å². The van der Waals surface area contributed by atoms with E-state index in [4.69, 9.17) is 0 Å². The number of anilines is 1. The van der Waals surface area contributed by atoms with Crippen molar-refractivity contribution >= 4 is 17.4 Å². The fourth-order valence-electron chi connectivity index (χ4n) is 2.46. The van der Waals surface area contributed by atoms with Gasteiger partial charge >= 0.3 is 0 Å². The molecule has 1 N–H and O–H groups in total. The molecule has 1 amide bonds. The average Bonchev–Trinajstić information content (AvgIpc) is 3.07. The van der Waals surface area contributed by atoms with Crippen LogP contribution in [0.1, 0.15) is 10.4 Å². The van der Waals surface area contributed by atoms with Gasteiger partial charge in [-0.3, -0.25) is 9.20 Å². The molecule has 6 nitrogen and oxygen atoms in total. The van der Waals surface area contributed by atoms with E-state index in [1.54, 1.807) is 41.1 Å². The van der Waals surface area contributed by atoms with E-state index in [-0.39, 0.29) is 5.56 Å². The fraction of sp³-hybridized carbons (Fsp3) is 0. The second kappa shape index (κ2) is 6.12. The van der Waals surface area contributed by atoms with Gasteiger partial charge in [0.2, 0.25) is 0 Å². The highest BCUT2D eigenvalue weighted by Gasteiger charge is 2.11. The molecule has 2 aromatic carbocycles. The Morgan fingerprint density at radius 1 is 1.08 bits per heavy atom. The molecule has 0 unspecified atom stereocenters. The smallest absolute Gasteiger partial charge is 0.258 e. The monoisotopic (exact) mass is 333 g/mol. The van der Waals surface area contributed by atoms with Crippen LogP contribution in [0.3, 0.4) is 0 Å². The molecule has 0 spiro atoms. The zero-order chi connectivity index (χ0) is 17.2. The number of rotatable bonds is 3. The number of hydrogen-bond donors (Lipinski definition) is 1. The van der Waals surface area contributed by atoms with Crippen molar-refractivity contribution < 1.29 is 9.18 Å². The van der Waals surface area contributed by atoms with Gasteiger partial charge in [0.1, 0.15) is 5.82 Å². The Morgan fingerprint density at radius 2 is 1.88 bits per heavy atom. The van der Waals surface area contributed by atoms with Crippen LogP contribution in [0.5, 0.6) is 0 Å². The number of carbonyl (C=O) groups is 1. The normalized spacial score (nSPS) is 10.8. The summed E-state index contributed by atoms with van der Waals surface area (Å²) < 4.78 is 15.4. The molecule has 0 aliphatic carbocycles. The third kappa shape index (κ3) is 2.94. The van der Waals surface area contributed by atoms with Gasteiger partial charge in [0.25, 0.3) is 11.7 Å². The summed E-state index contributed by atoms with van der Waals surface area (Å²) in [6, 6.07) is 13.0. The van der Waals surface area contributed by atoms with Gasteiger partial charge in [-0.05, 0) is 24.3 Å². The number of imidazole rings is 1. The van der Waals surface area contributed by atoms with Crippen molar-refractivity contribution in [3.63, 3.8) is 0 Å². The van der Waals surface area contributed by atoms with Gasteiger partial charge < -0.3 is 5.32 Å². The lowest BCUT2D eigenvalue weighted by molar-refractivity contribution is 0.102. The minimum Gasteiger partial charge on any atom is -0.322 e. The molecule has 2 heterocycles. The molecule has 0 radical (unpaired) electrons. The maximum absolute atomic E-state index is 13.6. The Balaban J connectivity index is 1.56. The molecule has 4 aromatic rings. The fourth-order valence-corrected chi connectivity index (χ4v) is 2.46. The van der Waals surface area contributed by atoms with Crippen LogP contribution in [-0.4, -0.2) is 25.5 Å². The maximum atomic E-state index is 13.6. The summed E-state index contributed by atoms with van der Waals surface area (Å²) in [5.74, 6) is -0.536. The summed E-state index contributed by atoms with van der Waals surface area (Å²) in [7, 11) is 0. The van der Waals surface area contributed by atoms with E-state index >= 15 is 0 Å². The van der Waals surface area contributed by atoms with Crippen LogP contribution in [0.4, 0.5) is 10.1 Å². The van der Waals surface area contributed by atoms with Crippen LogP contribution in [0, 0.1) is 5.82 Å². The summed E-state index contributed by atoms with van der Waals surface area (Å²) in [5, 5.41) is 10.4. The van der Waals surface area contributed by atoms with Gasteiger partial charge in [-0.15, -0.1) is 5.10 Å². The van der Waals surface area contributed by atoms with Gasteiger partial charge in [-0.2, -0.15) is 5.10 Å². The number of nitrogens with zero attached hydrogens (tertiary/aromatic N) is 4. The van der Waals surface area contributed by atoms with E-state index in [2.05, 4.69) is 20.5 Å². The van der Waals surface area contributed by atoms with Crippen molar-refractivity contribution in [2.24, 2.45) is 0 Å². The standard InChI is InChI=1S/C18H12FN5O/c19-15-4-2-1-3-14(15)17(25)21-13-7-5-12(6-8-13)16-11-24-10-9-20-23-18(24)22-16/h1-11H,(H,21,25). The van der Waals surface area contributed by atoms with Gasteiger partial charge in [-0.25, -0.2) is 9.37 Å². The number of aromatic nitrogens is 4. The number of amides is 1. The minimum atomic E-state index is -0.553. The number of carbonyl (C=O) groups excluding carboxylic acids is 1. The lowest BCUT2D eigenvalue weighted by Gasteiger charge is -2.06. The van der Waals surface area contributed by atoms with E-state index in [1.807, 2.05) is 18.3 Å². The quantitative estimate of drug-likeness (QED) is 0.625. The highest BCUT2D eigenvalue weighted by Crippen LogP contribution is 2.21. The maximum Gasteiger partial charge on any atom is 0.258 e. The molecule has 2 aromatic heterocycles. The Morgan fingerprint density at radius 3 is 2.64 bits per heavy atom. The SMILES string of the molecule is O=C(Nc1ccc(-c2cn3ccnnc3n2)cc1)c1ccccc1F. The Hall–Kier alpha value is -3.61. The molecule has 0 saturated heterocycles. The predicted molar refractivity (Wildman–Crippen MR) is 90.6 cm³/mol.